The number of halogens is 5. The van der Waals surface area contributed by atoms with Crippen LogP contribution in [0, 0.1) is 29.1 Å². The number of oxime groups is 1. The molecule has 158 valence electrons. The summed E-state index contributed by atoms with van der Waals surface area (Å²) in [5, 5.41) is 3.55. The van der Waals surface area contributed by atoms with E-state index in [1.54, 1.807) is 24.7 Å². The van der Waals surface area contributed by atoms with Gasteiger partial charge in [0.15, 0.2) is 23.3 Å². The highest BCUT2D eigenvalue weighted by Crippen LogP contribution is 2.24. The van der Waals surface area contributed by atoms with E-state index in [2.05, 4.69) is 17.1 Å². The summed E-state index contributed by atoms with van der Waals surface area (Å²) in [5.74, 6) is -10.1. The Labute approximate surface area is 169 Å². The minimum atomic E-state index is -2.21. The van der Waals surface area contributed by atoms with Crippen LogP contribution in [0.15, 0.2) is 48.1 Å². The monoisotopic (exact) mass is 423 g/mol. The van der Waals surface area contributed by atoms with Crippen molar-refractivity contribution in [1.82, 2.24) is 9.55 Å². The standard InChI is InChI=1S/C21H18F5N3O/c1-2-3-16(29-9-8-27-12-29)14-6-4-13(5-7-14)10-28-30-11-15-17(22)19(24)21(26)20(25)18(15)23/h4-10,12,16H,2-3,11H2,1H3/b28-10+. The molecule has 0 N–H and O–H groups in total. The minimum Gasteiger partial charge on any atom is -0.391 e. The maximum atomic E-state index is 13.6. The summed E-state index contributed by atoms with van der Waals surface area (Å²) < 4.78 is 68.6. The molecule has 1 unspecified atom stereocenters. The Balaban J connectivity index is 1.67. The van der Waals surface area contributed by atoms with Crippen LogP contribution in [0.5, 0.6) is 0 Å². The highest BCUT2D eigenvalue weighted by atomic mass is 19.2. The normalized spacial score (nSPS) is 12.5. The highest BCUT2D eigenvalue weighted by Gasteiger charge is 2.25. The van der Waals surface area contributed by atoms with Crippen LogP contribution in [-0.2, 0) is 11.4 Å². The third kappa shape index (κ3) is 4.50. The van der Waals surface area contributed by atoms with Crippen LogP contribution in [0.2, 0.25) is 0 Å². The van der Waals surface area contributed by atoms with E-state index in [0.29, 0.717) is 5.56 Å². The van der Waals surface area contributed by atoms with Crippen molar-refractivity contribution in [3.63, 3.8) is 0 Å². The zero-order chi connectivity index (χ0) is 21.7. The lowest BCUT2D eigenvalue weighted by Crippen LogP contribution is -2.08. The highest BCUT2D eigenvalue weighted by molar-refractivity contribution is 5.79. The summed E-state index contributed by atoms with van der Waals surface area (Å²) in [6.07, 6.45) is 8.55. The zero-order valence-electron chi connectivity index (χ0n) is 16.0. The van der Waals surface area contributed by atoms with Gasteiger partial charge in [-0.25, -0.2) is 26.9 Å². The first kappa shape index (κ1) is 21.5. The van der Waals surface area contributed by atoms with E-state index in [-0.39, 0.29) is 6.04 Å². The molecule has 0 amide bonds. The number of hydrogen-bond acceptors (Lipinski definition) is 3. The summed E-state index contributed by atoms with van der Waals surface area (Å²) in [6.45, 7) is 1.19. The minimum absolute atomic E-state index is 0.133. The van der Waals surface area contributed by atoms with E-state index in [1.165, 1.54) is 6.21 Å². The molecule has 0 radical (unpaired) electrons. The maximum Gasteiger partial charge on any atom is 0.200 e. The van der Waals surface area contributed by atoms with Gasteiger partial charge >= 0.3 is 0 Å². The number of imidazole rings is 1. The van der Waals surface area contributed by atoms with Gasteiger partial charge in [0.1, 0.15) is 6.61 Å². The van der Waals surface area contributed by atoms with E-state index in [1.807, 2.05) is 22.9 Å². The summed E-state index contributed by atoms with van der Waals surface area (Å²) >= 11 is 0. The molecule has 3 rings (SSSR count). The Bertz CT molecular complexity index is 991. The molecule has 0 aliphatic carbocycles. The zero-order valence-corrected chi connectivity index (χ0v) is 16.0. The molecular formula is C21H18F5N3O. The molecule has 0 aliphatic heterocycles. The van der Waals surface area contributed by atoms with Crippen molar-refractivity contribution in [2.75, 3.05) is 0 Å². The first-order valence-electron chi connectivity index (χ1n) is 9.17. The molecule has 0 saturated heterocycles. The molecule has 9 heteroatoms. The van der Waals surface area contributed by atoms with Crippen LogP contribution in [0.3, 0.4) is 0 Å². The van der Waals surface area contributed by atoms with E-state index in [9.17, 15) is 22.0 Å². The number of hydrogen-bond donors (Lipinski definition) is 0. The summed E-state index contributed by atoms with van der Waals surface area (Å²) in [4.78, 5) is 8.81. The fraction of sp³-hybridized carbons (Fsp3) is 0.238. The van der Waals surface area contributed by atoms with Gasteiger partial charge in [-0.2, -0.15) is 0 Å². The molecule has 0 fully saturated rings. The predicted octanol–water partition coefficient (Wildman–Crippen LogP) is 5.52. The van der Waals surface area contributed by atoms with Gasteiger partial charge in [0.05, 0.1) is 24.1 Å². The molecule has 0 saturated carbocycles. The van der Waals surface area contributed by atoms with E-state index < -0.39 is 41.3 Å². The van der Waals surface area contributed by atoms with E-state index in [0.717, 1.165) is 18.4 Å². The van der Waals surface area contributed by atoms with Crippen molar-refractivity contribution < 1.29 is 26.8 Å². The van der Waals surface area contributed by atoms with Crippen LogP contribution in [0.1, 0.15) is 42.5 Å². The molecular weight excluding hydrogens is 405 g/mol. The van der Waals surface area contributed by atoms with Gasteiger partial charge in [0, 0.05) is 12.4 Å². The smallest absolute Gasteiger partial charge is 0.200 e. The average Bonchev–Trinajstić information content (AvgIpc) is 3.29. The van der Waals surface area contributed by atoms with Gasteiger partial charge in [-0.15, -0.1) is 0 Å². The third-order valence-electron chi connectivity index (χ3n) is 4.55. The molecule has 2 aromatic carbocycles. The predicted molar refractivity (Wildman–Crippen MR) is 100 cm³/mol. The Morgan fingerprint density at radius 3 is 2.20 bits per heavy atom. The van der Waals surface area contributed by atoms with Crippen molar-refractivity contribution in [2.24, 2.45) is 5.16 Å². The second-order valence-electron chi connectivity index (χ2n) is 6.54. The van der Waals surface area contributed by atoms with Gasteiger partial charge < -0.3 is 9.40 Å². The van der Waals surface area contributed by atoms with Crippen LogP contribution in [0.4, 0.5) is 22.0 Å². The Morgan fingerprint density at radius 1 is 1.00 bits per heavy atom. The maximum absolute atomic E-state index is 13.6. The Hall–Kier alpha value is -3.23. The average molecular weight is 423 g/mol. The van der Waals surface area contributed by atoms with Crippen molar-refractivity contribution in [2.45, 2.75) is 32.4 Å². The topological polar surface area (TPSA) is 39.4 Å². The molecule has 1 heterocycles. The van der Waals surface area contributed by atoms with Crippen molar-refractivity contribution in [3.8, 4) is 0 Å². The number of rotatable bonds is 8. The van der Waals surface area contributed by atoms with Gasteiger partial charge in [0.2, 0.25) is 5.82 Å². The van der Waals surface area contributed by atoms with Crippen LogP contribution < -0.4 is 0 Å². The summed E-state index contributed by atoms with van der Waals surface area (Å²) in [7, 11) is 0. The lowest BCUT2D eigenvalue weighted by Gasteiger charge is -2.18. The first-order valence-corrected chi connectivity index (χ1v) is 9.17. The SMILES string of the molecule is CCCC(c1ccc(/C=N/OCc2c(F)c(F)c(F)c(F)c2F)cc1)n1ccnc1. The molecule has 0 bridgehead atoms. The Morgan fingerprint density at radius 2 is 1.63 bits per heavy atom. The van der Waals surface area contributed by atoms with E-state index >= 15 is 0 Å². The van der Waals surface area contributed by atoms with Crippen molar-refractivity contribution in [3.05, 3.63) is 88.8 Å². The number of aromatic nitrogens is 2. The second kappa shape index (κ2) is 9.51. The van der Waals surface area contributed by atoms with Gasteiger partial charge in [0.25, 0.3) is 0 Å². The largest absolute Gasteiger partial charge is 0.391 e. The third-order valence-corrected chi connectivity index (χ3v) is 4.55. The van der Waals surface area contributed by atoms with Crippen molar-refractivity contribution >= 4 is 6.21 Å². The van der Waals surface area contributed by atoms with Crippen molar-refractivity contribution in [1.29, 1.82) is 0 Å². The lowest BCUT2D eigenvalue weighted by molar-refractivity contribution is 0.124. The quantitative estimate of drug-likeness (QED) is 0.157. The molecule has 30 heavy (non-hydrogen) atoms. The van der Waals surface area contributed by atoms with Crippen LogP contribution >= 0.6 is 0 Å². The Kier molecular flexibility index (Phi) is 6.81. The second-order valence-corrected chi connectivity index (χ2v) is 6.54. The summed E-state index contributed by atoms with van der Waals surface area (Å²) in [5.41, 5.74) is 0.619. The lowest BCUT2D eigenvalue weighted by atomic mass is 10.0. The molecule has 3 aromatic rings. The van der Waals surface area contributed by atoms with Gasteiger partial charge in [-0.05, 0) is 17.5 Å². The van der Waals surface area contributed by atoms with Gasteiger partial charge in [-0.1, -0.05) is 42.8 Å². The molecule has 4 nitrogen and oxygen atoms in total. The fourth-order valence-electron chi connectivity index (χ4n) is 3.00. The molecule has 1 atom stereocenters. The molecule has 0 aliphatic rings. The number of benzene rings is 2. The van der Waals surface area contributed by atoms with E-state index in [4.69, 9.17) is 4.84 Å². The molecule has 0 spiro atoms. The van der Waals surface area contributed by atoms with Crippen LogP contribution in [0.25, 0.3) is 0 Å². The first-order chi connectivity index (χ1) is 14.4. The molecule has 1 aromatic heterocycles. The number of nitrogens with zero attached hydrogens (tertiary/aromatic N) is 3. The van der Waals surface area contributed by atoms with Gasteiger partial charge in [-0.3, -0.25) is 0 Å². The summed E-state index contributed by atoms with van der Waals surface area (Å²) in [6, 6.07) is 7.51. The fourth-order valence-corrected chi connectivity index (χ4v) is 3.00. The van der Waals surface area contributed by atoms with Crippen LogP contribution in [-0.4, -0.2) is 15.8 Å².